The van der Waals surface area contributed by atoms with E-state index in [9.17, 15) is 14.7 Å². The van der Waals surface area contributed by atoms with Crippen molar-refractivity contribution in [3.05, 3.63) is 82.8 Å². The fourth-order valence-electron chi connectivity index (χ4n) is 6.11. The number of imidazole rings is 1. The topological polar surface area (TPSA) is 116 Å². The van der Waals surface area contributed by atoms with Crippen molar-refractivity contribution >= 4 is 22.8 Å². The molecule has 0 radical (unpaired) electrons. The maximum Gasteiger partial charge on any atom is 0.335 e. The molecule has 0 amide bonds. The minimum atomic E-state index is -0.938. The predicted octanol–water partition coefficient (Wildman–Crippen LogP) is 5.62. The average Bonchev–Trinajstić information content (AvgIpc) is 3.78. The van der Waals surface area contributed by atoms with Crippen LogP contribution in [0, 0.1) is 0 Å². The molecule has 234 valence electrons. The Morgan fingerprint density at radius 1 is 0.978 bits per heavy atom. The quantitative estimate of drug-likeness (QED) is 0.204. The molecule has 4 heterocycles. The van der Waals surface area contributed by atoms with Crippen molar-refractivity contribution < 1.29 is 28.9 Å². The molecule has 2 aliphatic heterocycles. The minimum absolute atomic E-state index is 0.0137. The van der Waals surface area contributed by atoms with Gasteiger partial charge >= 0.3 is 5.97 Å². The van der Waals surface area contributed by atoms with Crippen molar-refractivity contribution in [1.29, 1.82) is 0 Å². The smallest absolute Gasteiger partial charge is 0.335 e. The molecule has 7 rings (SSSR count). The molecule has 0 spiro atoms. The van der Waals surface area contributed by atoms with Gasteiger partial charge in [0, 0.05) is 35.4 Å². The molecule has 2 saturated heterocycles. The maximum atomic E-state index is 11.9. The van der Waals surface area contributed by atoms with Gasteiger partial charge in [-0.15, -0.1) is 0 Å². The van der Waals surface area contributed by atoms with E-state index in [1.54, 1.807) is 25.1 Å². The van der Waals surface area contributed by atoms with E-state index < -0.39 is 5.97 Å². The van der Waals surface area contributed by atoms with Gasteiger partial charge in [-0.3, -0.25) is 9.69 Å². The number of ketones is 1. The number of fused-ring (bicyclic) bond motifs is 1. The number of nitrogens with zero attached hydrogens (tertiary/aromatic N) is 4. The van der Waals surface area contributed by atoms with Gasteiger partial charge in [-0.2, -0.15) is 0 Å². The fourth-order valence-corrected chi connectivity index (χ4v) is 6.11. The average molecular weight is 611 g/mol. The number of aromatic nitrogens is 3. The summed E-state index contributed by atoms with van der Waals surface area (Å²) in [4.78, 5) is 35.7. The third-order valence-corrected chi connectivity index (χ3v) is 9.04. The number of hydrogen-bond acceptors (Lipinski definition) is 8. The van der Waals surface area contributed by atoms with Crippen molar-refractivity contribution in [1.82, 2.24) is 19.4 Å². The monoisotopic (exact) mass is 610 g/mol. The van der Waals surface area contributed by atoms with Crippen LogP contribution in [0.5, 0.6) is 11.6 Å². The third-order valence-electron chi connectivity index (χ3n) is 9.04. The van der Waals surface area contributed by atoms with Gasteiger partial charge in [0.15, 0.2) is 5.78 Å². The lowest BCUT2D eigenvalue weighted by Gasteiger charge is -2.32. The van der Waals surface area contributed by atoms with E-state index in [-0.39, 0.29) is 23.6 Å². The van der Waals surface area contributed by atoms with Crippen molar-refractivity contribution in [2.75, 3.05) is 19.7 Å². The van der Waals surface area contributed by atoms with Crippen LogP contribution in [0.15, 0.2) is 54.6 Å². The van der Waals surface area contributed by atoms with E-state index >= 15 is 0 Å². The Morgan fingerprint density at radius 2 is 1.78 bits per heavy atom. The number of carboxylic acid groups (broad SMARTS) is 1. The molecule has 3 aliphatic rings. The Hall–Kier alpha value is -4.28. The summed E-state index contributed by atoms with van der Waals surface area (Å²) in [6.45, 7) is 5.84. The van der Waals surface area contributed by atoms with Crippen molar-refractivity contribution in [3.8, 4) is 11.6 Å². The zero-order valence-corrected chi connectivity index (χ0v) is 25.5. The highest BCUT2D eigenvalue weighted by atomic mass is 16.5. The lowest BCUT2D eigenvalue weighted by molar-refractivity contribution is -0.0592. The molecule has 10 nitrogen and oxygen atoms in total. The first-order valence-electron chi connectivity index (χ1n) is 15.9. The molecule has 1 atom stereocenters. The van der Waals surface area contributed by atoms with Crippen LogP contribution in [0.25, 0.3) is 11.0 Å². The van der Waals surface area contributed by atoms with Crippen molar-refractivity contribution in [2.45, 2.75) is 76.9 Å². The first kappa shape index (κ1) is 29.4. The summed E-state index contributed by atoms with van der Waals surface area (Å²) in [5.74, 6) is 1.64. The lowest BCUT2D eigenvalue weighted by Crippen LogP contribution is -2.35. The number of aromatic carboxylic acids is 1. The molecule has 1 saturated carbocycles. The summed E-state index contributed by atoms with van der Waals surface area (Å²) in [6.07, 6.45) is 5.37. The number of benzene rings is 2. The van der Waals surface area contributed by atoms with Gasteiger partial charge in [0.1, 0.15) is 18.2 Å². The SMILES string of the molecule is CC(=O)c1ccc(COc2cccc(C3CCN(Cc4nc5ccc(C(=O)O)cc5n4C[C@@H]4CCO4)CC3)n2)c(OC2CC2)c1. The van der Waals surface area contributed by atoms with Gasteiger partial charge in [0.05, 0.1) is 41.9 Å². The van der Waals surface area contributed by atoms with Gasteiger partial charge in [-0.05, 0) is 82.4 Å². The number of likely N-dealkylation sites (tertiary alicyclic amines) is 1. The molecule has 0 unspecified atom stereocenters. The van der Waals surface area contributed by atoms with Crippen LogP contribution in [0.4, 0.5) is 0 Å². The first-order chi connectivity index (χ1) is 21.9. The second-order valence-corrected chi connectivity index (χ2v) is 12.4. The molecular weight excluding hydrogens is 572 g/mol. The van der Waals surface area contributed by atoms with Gasteiger partial charge in [-0.25, -0.2) is 14.8 Å². The lowest BCUT2D eigenvalue weighted by atomic mass is 9.93. The Kier molecular flexibility index (Phi) is 8.25. The van der Waals surface area contributed by atoms with E-state index in [1.807, 2.05) is 30.3 Å². The normalized spacial score (nSPS) is 18.9. The Labute approximate surface area is 261 Å². The number of piperidine rings is 1. The number of Topliss-reactive ketones (excluding diaryl/α,β-unsaturated/α-hetero) is 1. The summed E-state index contributed by atoms with van der Waals surface area (Å²) in [5.41, 5.74) is 4.49. The molecule has 3 fully saturated rings. The minimum Gasteiger partial charge on any atom is -0.490 e. The van der Waals surface area contributed by atoms with Crippen molar-refractivity contribution in [2.24, 2.45) is 0 Å². The molecule has 45 heavy (non-hydrogen) atoms. The largest absolute Gasteiger partial charge is 0.490 e. The maximum absolute atomic E-state index is 11.9. The highest BCUT2D eigenvalue weighted by Gasteiger charge is 2.27. The zero-order valence-electron chi connectivity index (χ0n) is 25.5. The van der Waals surface area contributed by atoms with Crippen molar-refractivity contribution in [3.63, 3.8) is 0 Å². The van der Waals surface area contributed by atoms with Crippen LogP contribution in [-0.2, 0) is 24.4 Å². The standard InChI is InChI=1S/C35H38N4O6/c1-22(40)24-5-6-26(32(18-24)45-27-8-9-27)21-44-34-4-2-3-29(37-34)23-11-14-38(15-12-23)20-33-36-30-10-7-25(35(41)42)17-31(30)39(33)19-28-13-16-43-28/h2-7,10,17-18,23,27-28H,8-9,11-16,19-21H2,1H3,(H,41,42)/t28-/m0/s1. The molecule has 2 aromatic carbocycles. The highest BCUT2D eigenvalue weighted by Crippen LogP contribution is 2.32. The highest BCUT2D eigenvalue weighted by molar-refractivity contribution is 5.94. The van der Waals surface area contributed by atoms with E-state index in [0.29, 0.717) is 42.8 Å². The molecule has 0 bridgehead atoms. The summed E-state index contributed by atoms with van der Waals surface area (Å²) in [7, 11) is 0. The first-order valence-corrected chi connectivity index (χ1v) is 15.9. The summed E-state index contributed by atoms with van der Waals surface area (Å²) in [6, 6.07) is 16.7. The van der Waals surface area contributed by atoms with Gasteiger partial charge in [-0.1, -0.05) is 18.2 Å². The number of carbonyl (C=O) groups excluding carboxylic acids is 1. The van der Waals surface area contributed by atoms with E-state index in [2.05, 4.69) is 15.5 Å². The number of carboxylic acids is 1. The second-order valence-electron chi connectivity index (χ2n) is 12.4. The van der Waals surface area contributed by atoms with Crippen LogP contribution in [-0.4, -0.2) is 68.2 Å². The Balaban J connectivity index is 0.994. The van der Waals surface area contributed by atoms with Crippen LogP contribution in [0.2, 0.25) is 0 Å². The van der Waals surface area contributed by atoms with E-state index in [1.165, 1.54) is 0 Å². The number of rotatable bonds is 12. The molecule has 2 aromatic heterocycles. The second kappa shape index (κ2) is 12.6. The van der Waals surface area contributed by atoms with E-state index in [0.717, 1.165) is 79.9 Å². The van der Waals surface area contributed by atoms with Crippen LogP contribution in [0.1, 0.15) is 82.7 Å². The number of hydrogen-bond donors (Lipinski definition) is 1. The van der Waals surface area contributed by atoms with Crippen LogP contribution in [0.3, 0.4) is 0 Å². The molecule has 1 N–H and O–H groups in total. The number of ether oxygens (including phenoxy) is 3. The number of carbonyl (C=O) groups is 2. The summed E-state index contributed by atoms with van der Waals surface area (Å²) >= 11 is 0. The predicted molar refractivity (Wildman–Crippen MR) is 167 cm³/mol. The van der Waals surface area contributed by atoms with Gasteiger partial charge in [0.2, 0.25) is 5.88 Å². The van der Waals surface area contributed by atoms with E-state index in [4.69, 9.17) is 24.2 Å². The zero-order chi connectivity index (χ0) is 30.9. The molecule has 10 heteroatoms. The third kappa shape index (κ3) is 6.72. The summed E-state index contributed by atoms with van der Waals surface area (Å²) < 4.78 is 20.1. The molecule has 1 aliphatic carbocycles. The van der Waals surface area contributed by atoms with Gasteiger partial charge < -0.3 is 23.9 Å². The van der Waals surface area contributed by atoms with Gasteiger partial charge in [0.25, 0.3) is 0 Å². The number of pyridine rings is 1. The molecular formula is C35H38N4O6. The Bertz CT molecular complexity index is 1720. The van der Waals surface area contributed by atoms with Crippen LogP contribution >= 0.6 is 0 Å². The Morgan fingerprint density at radius 3 is 2.49 bits per heavy atom. The fraction of sp³-hybridized carbons (Fsp3) is 0.429. The summed E-state index contributed by atoms with van der Waals surface area (Å²) in [5, 5.41) is 9.54. The molecule has 4 aromatic rings. The van der Waals surface area contributed by atoms with Crippen LogP contribution < -0.4 is 9.47 Å².